The third-order valence-corrected chi connectivity index (χ3v) is 4.72. The number of hydrogen-bond donors (Lipinski definition) is 1. The van der Waals surface area contributed by atoms with Gasteiger partial charge in [0.15, 0.2) is 0 Å². The zero-order valence-electron chi connectivity index (χ0n) is 14.3. The van der Waals surface area contributed by atoms with E-state index in [-0.39, 0.29) is 22.7 Å². The Morgan fingerprint density at radius 2 is 2.12 bits per heavy atom. The number of aryl methyl sites for hydroxylation is 1. The molecule has 132 valence electrons. The maximum atomic E-state index is 13.3. The SMILES string of the molecule is Cc1cccc(-n2c([C@H]3CCCN3)nc3ccc([N+](=O)[O-])cc3c2=O)c1. The van der Waals surface area contributed by atoms with Crippen LogP contribution in [0.15, 0.2) is 47.3 Å². The largest absolute Gasteiger partial charge is 0.307 e. The number of nitro groups is 1. The lowest BCUT2D eigenvalue weighted by molar-refractivity contribution is -0.384. The smallest absolute Gasteiger partial charge is 0.270 e. The fourth-order valence-electron chi connectivity index (χ4n) is 3.46. The van der Waals surface area contributed by atoms with Crippen LogP contribution in [-0.2, 0) is 0 Å². The normalized spacial score (nSPS) is 16.9. The van der Waals surface area contributed by atoms with Crippen LogP contribution in [0.3, 0.4) is 0 Å². The molecule has 1 atom stereocenters. The summed E-state index contributed by atoms with van der Waals surface area (Å²) in [6, 6.07) is 11.9. The zero-order chi connectivity index (χ0) is 18.3. The Balaban J connectivity index is 2.04. The minimum absolute atomic E-state index is 0.0113. The molecule has 7 nitrogen and oxygen atoms in total. The lowest BCUT2D eigenvalue weighted by Gasteiger charge is -2.18. The van der Waals surface area contributed by atoms with Gasteiger partial charge in [-0.2, -0.15) is 0 Å². The summed E-state index contributed by atoms with van der Waals surface area (Å²) in [5.41, 5.74) is 1.83. The predicted molar refractivity (Wildman–Crippen MR) is 98.7 cm³/mol. The summed E-state index contributed by atoms with van der Waals surface area (Å²) in [6.45, 7) is 2.84. The maximum Gasteiger partial charge on any atom is 0.270 e. The molecule has 0 spiro atoms. The fraction of sp³-hybridized carbons (Fsp3) is 0.263. The standard InChI is InChI=1S/C19H18N4O3/c1-12-4-2-5-13(10-12)22-18(17-6-3-9-20-17)21-16-8-7-14(23(25)26)11-15(16)19(22)24/h2,4-5,7-8,10-11,17,20H,3,6,9H2,1H3/t17-/m1/s1. The molecule has 1 aliphatic heterocycles. The highest BCUT2D eigenvalue weighted by atomic mass is 16.6. The van der Waals surface area contributed by atoms with Crippen molar-refractivity contribution in [2.75, 3.05) is 6.54 Å². The Kier molecular flexibility index (Phi) is 4.00. The number of fused-ring (bicyclic) bond motifs is 1. The van der Waals surface area contributed by atoms with Crippen LogP contribution in [0, 0.1) is 17.0 Å². The van der Waals surface area contributed by atoms with Crippen molar-refractivity contribution in [1.82, 2.24) is 14.9 Å². The first-order chi connectivity index (χ1) is 12.5. The van der Waals surface area contributed by atoms with Crippen molar-refractivity contribution < 1.29 is 4.92 Å². The number of nitrogens with one attached hydrogen (secondary N) is 1. The number of hydrogen-bond acceptors (Lipinski definition) is 5. The van der Waals surface area contributed by atoms with Gasteiger partial charge < -0.3 is 5.32 Å². The predicted octanol–water partition coefficient (Wildman–Crippen LogP) is 3.03. The molecule has 4 rings (SSSR count). The van der Waals surface area contributed by atoms with Gasteiger partial charge in [0, 0.05) is 12.1 Å². The molecule has 0 amide bonds. The Hall–Kier alpha value is -3.06. The zero-order valence-corrected chi connectivity index (χ0v) is 14.3. The lowest BCUT2D eigenvalue weighted by Crippen LogP contribution is -2.28. The second-order valence-electron chi connectivity index (χ2n) is 6.56. The Morgan fingerprint density at radius 1 is 1.27 bits per heavy atom. The first-order valence-corrected chi connectivity index (χ1v) is 8.56. The van der Waals surface area contributed by atoms with E-state index in [4.69, 9.17) is 4.98 Å². The first-order valence-electron chi connectivity index (χ1n) is 8.56. The second-order valence-corrected chi connectivity index (χ2v) is 6.56. The van der Waals surface area contributed by atoms with E-state index in [1.54, 1.807) is 10.6 Å². The summed E-state index contributed by atoms with van der Waals surface area (Å²) in [5.74, 6) is 0.652. The summed E-state index contributed by atoms with van der Waals surface area (Å²) in [5, 5.41) is 14.7. The van der Waals surface area contributed by atoms with Gasteiger partial charge in [-0.25, -0.2) is 4.98 Å². The summed E-state index contributed by atoms with van der Waals surface area (Å²) < 4.78 is 1.59. The molecule has 1 N–H and O–H groups in total. The van der Waals surface area contributed by atoms with Crippen molar-refractivity contribution in [3.05, 3.63) is 74.3 Å². The molecular weight excluding hydrogens is 332 g/mol. The summed E-state index contributed by atoms with van der Waals surface area (Å²) in [4.78, 5) is 28.6. The van der Waals surface area contributed by atoms with Gasteiger partial charge in [-0.15, -0.1) is 0 Å². The molecule has 0 aliphatic carbocycles. The molecule has 1 aromatic heterocycles. The quantitative estimate of drug-likeness (QED) is 0.579. The van der Waals surface area contributed by atoms with Gasteiger partial charge in [0.2, 0.25) is 0 Å². The van der Waals surface area contributed by atoms with E-state index < -0.39 is 4.92 Å². The van der Waals surface area contributed by atoms with E-state index in [9.17, 15) is 14.9 Å². The van der Waals surface area contributed by atoms with Crippen LogP contribution in [-0.4, -0.2) is 21.0 Å². The Bertz CT molecular complexity index is 1070. The summed E-state index contributed by atoms with van der Waals surface area (Å²) in [7, 11) is 0. The van der Waals surface area contributed by atoms with Crippen LogP contribution in [0.25, 0.3) is 16.6 Å². The van der Waals surface area contributed by atoms with Crippen molar-refractivity contribution in [2.24, 2.45) is 0 Å². The molecule has 1 fully saturated rings. The average Bonchev–Trinajstić information content (AvgIpc) is 3.15. The van der Waals surface area contributed by atoms with Crippen LogP contribution in [0.1, 0.15) is 30.3 Å². The fourth-order valence-corrected chi connectivity index (χ4v) is 3.46. The minimum atomic E-state index is -0.498. The molecule has 0 unspecified atom stereocenters. The van der Waals surface area contributed by atoms with E-state index in [1.165, 1.54) is 12.1 Å². The van der Waals surface area contributed by atoms with Gasteiger partial charge >= 0.3 is 0 Å². The van der Waals surface area contributed by atoms with E-state index in [2.05, 4.69) is 5.32 Å². The van der Waals surface area contributed by atoms with Crippen LogP contribution in [0.2, 0.25) is 0 Å². The van der Waals surface area contributed by atoms with Crippen LogP contribution in [0.4, 0.5) is 5.69 Å². The van der Waals surface area contributed by atoms with Crippen molar-refractivity contribution in [3.63, 3.8) is 0 Å². The maximum absolute atomic E-state index is 13.3. The van der Waals surface area contributed by atoms with Crippen molar-refractivity contribution in [2.45, 2.75) is 25.8 Å². The van der Waals surface area contributed by atoms with Crippen LogP contribution in [0.5, 0.6) is 0 Å². The van der Waals surface area contributed by atoms with Gasteiger partial charge in [-0.05, 0) is 50.1 Å². The van der Waals surface area contributed by atoms with E-state index >= 15 is 0 Å². The average molecular weight is 350 g/mol. The number of rotatable bonds is 3. The highest BCUT2D eigenvalue weighted by Gasteiger charge is 2.24. The molecule has 7 heteroatoms. The number of non-ortho nitro benzene ring substituents is 1. The van der Waals surface area contributed by atoms with Crippen LogP contribution >= 0.6 is 0 Å². The van der Waals surface area contributed by atoms with Gasteiger partial charge in [0.1, 0.15) is 5.82 Å². The number of nitro benzene ring substituents is 1. The molecule has 1 aliphatic rings. The van der Waals surface area contributed by atoms with Gasteiger partial charge in [-0.3, -0.25) is 19.5 Å². The lowest BCUT2D eigenvalue weighted by atomic mass is 10.1. The van der Waals surface area contributed by atoms with E-state index in [1.807, 2.05) is 31.2 Å². The third-order valence-electron chi connectivity index (χ3n) is 4.72. The monoisotopic (exact) mass is 350 g/mol. The van der Waals surface area contributed by atoms with Crippen molar-refractivity contribution in [3.8, 4) is 5.69 Å². The number of nitrogens with zero attached hydrogens (tertiary/aromatic N) is 3. The van der Waals surface area contributed by atoms with Crippen molar-refractivity contribution >= 4 is 16.6 Å². The van der Waals surface area contributed by atoms with E-state index in [0.29, 0.717) is 11.3 Å². The highest BCUT2D eigenvalue weighted by Crippen LogP contribution is 2.26. The Labute approximate surface area is 149 Å². The third kappa shape index (κ3) is 2.76. The molecule has 0 saturated carbocycles. The highest BCUT2D eigenvalue weighted by molar-refractivity contribution is 5.80. The summed E-state index contributed by atoms with van der Waals surface area (Å²) >= 11 is 0. The minimum Gasteiger partial charge on any atom is -0.307 e. The molecule has 2 aromatic carbocycles. The molecule has 0 radical (unpaired) electrons. The topological polar surface area (TPSA) is 90.1 Å². The number of aromatic nitrogens is 2. The van der Waals surface area contributed by atoms with Crippen LogP contribution < -0.4 is 10.9 Å². The molecule has 26 heavy (non-hydrogen) atoms. The molecule has 0 bridgehead atoms. The molecule has 3 aromatic rings. The van der Waals surface area contributed by atoms with Gasteiger partial charge in [0.25, 0.3) is 11.2 Å². The number of benzene rings is 2. The first kappa shape index (κ1) is 16.4. The summed E-state index contributed by atoms with van der Waals surface area (Å²) in [6.07, 6.45) is 1.92. The second kappa shape index (κ2) is 6.34. The molecule has 1 saturated heterocycles. The van der Waals surface area contributed by atoms with Crippen molar-refractivity contribution in [1.29, 1.82) is 0 Å². The van der Waals surface area contributed by atoms with Gasteiger partial charge in [-0.1, -0.05) is 12.1 Å². The molecular formula is C19H18N4O3. The Morgan fingerprint density at radius 3 is 2.81 bits per heavy atom. The molecule has 2 heterocycles. The van der Waals surface area contributed by atoms with E-state index in [0.717, 1.165) is 30.6 Å². The van der Waals surface area contributed by atoms with Gasteiger partial charge in [0.05, 0.1) is 27.6 Å².